The van der Waals surface area contributed by atoms with E-state index in [9.17, 15) is 18.0 Å². The highest BCUT2D eigenvalue weighted by Crippen LogP contribution is 2.10. The first-order chi connectivity index (χ1) is 9.41. The van der Waals surface area contributed by atoms with Gasteiger partial charge >= 0.3 is 5.69 Å². The summed E-state index contributed by atoms with van der Waals surface area (Å²) in [6.45, 7) is 2.75. The maximum atomic E-state index is 11.6. The summed E-state index contributed by atoms with van der Waals surface area (Å²) in [6.07, 6.45) is 2.74. The van der Waals surface area contributed by atoms with Crippen molar-refractivity contribution in [3.63, 3.8) is 0 Å². The molecule has 0 bridgehead atoms. The smallest absolute Gasteiger partial charge is 0.311 e. The van der Waals surface area contributed by atoms with Gasteiger partial charge in [0, 0.05) is 30.9 Å². The lowest BCUT2D eigenvalue weighted by molar-refractivity contribution is 0.508. The lowest BCUT2D eigenvalue weighted by atomic mass is 10.2. The molecule has 0 aromatic carbocycles. The van der Waals surface area contributed by atoms with Crippen LogP contribution in [0.15, 0.2) is 15.8 Å². The summed E-state index contributed by atoms with van der Waals surface area (Å²) in [5.41, 5.74) is -0.218. The van der Waals surface area contributed by atoms with E-state index in [0.717, 1.165) is 0 Å². The lowest BCUT2D eigenvalue weighted by Crippen LogP contribution is -2.37. The summed E-state index contributed by atoms with van der Waals surface area (Å²) in [4.78, 5) is 25.3. The fraction of sp³-hybridized carbons (Fsp3) is 0.667. The standard InChI is InChI=1S/C12H19N3O4S/c1-2-9-7-15(12(17)14-11(9)16)5-4-13-10-3-6-20(18,19)8-10/h7,10,13H,2-6,8H2,1H3,(H,14,16,17). The third-order valence-corrected chi connectivity index (χ3v) is 5.25. The quantitative estimate of drug-likeness (QED) is 0.717. The second-order valence-corrected chi connectivity index (χ2v) is 7.24. The number of aryl methyl sites for hydroxylation is 1. The average Bonchev–Trinajstić information content (AvgIpc) is 2.71. The highest BCUT2D eigenvalue weighted by Gasteiger charge is 2.27. The fourth-order valence-electron chi connectivity index (χ4n) is 2.32. The normalized spacial score (nSPS) is 21.1. The summed E-state index contributed by atoms with van der Waals surface area (Å²) < 4.78 is 24.1. The lowest BCUT2D eigenvalue weighted by Gasteiger charge is -2.12. The van der Waals surface area contributed by atoms with Gasteiger partial charge in [-0.15, -0.1) is 0 Å². The SMILES string of the molecule is CCc1cn(CCNC2CCS(=O)(=O)C2)c(=O)[nH]c1=O. The molecule has 1 saturated heterocycles. The number of sulfone groups is 1. The highest BCUT2D eigenvalue weighted by molar-refractivity contribution is 7.91. The molecule has 1 aliphatic heterocycles. The molecule has 0 saturated carbocycles. The number of aromatic amines is 1. The minimum atomic E-state index is -2.89. The van der Waals surface area contributed by atoms with Crippen LogP contribution in [0.3, 0.4) is 0 Å². The van der Waals surface area contributed by atoms with Crippen molar-refractivity contribution < 1.29 is 8.42 Å². The maximum Gasteiger partial charge on any atom is 0.328 e. The Kier molecular flexibility index (Phi) is 4.44. The molecule has 112 valence electrons. The summed E-state index contributed by atoms with van der Waals surface area (Å²) in [6, 6.07) is -0.0379. The van der Waals surface area contributed by atoms with Gasteiger partial charge in [-0.1, -0.05) is 6.92 Å². The summed E-state index contributed by atoms with van der Waals surface area (Å²) in [5, 5.41) is 3.13. The van der Waals surface area contributed by atoms with Crippen molar-refractivity contribution in [2.75, 3.05) is 18.1 Å². The van der Waals surface area contributed by atoms with Gasteiger partial charge in [-0.3, -0.25) is 14.3 Å². The molecule has 0 amide bonds. The van der Waals surface area contributed by atoms with Crippen molar-refractivity contribution in [3.8, 4) is 0 Å². The highest BCUT2D eigenvalue weighted by atomic mass is 32.2. The van der Waals surface area contributed by atoms with E-state index in [1.807, 2.05) is 6.92 Å². The van der Waals surface area contributed by atoms with E-state index in [1.54, 1.807) is 6.20 Å². The van der Waals surface area contributed by atoms with Crippen LogP contribution in [-0.2, 0) is 22.8 Å². The molecule has 1 atom stereocenters. The van der Waals surface area contributed by atoms with Gasteiger partial charge in [0.2, 0.25) is 0 Å². The van der Waals surface area contributed by atoms with Crippen LogP contribution in [0.1, 0.15) is 18.9 Å². The van der Waals surface area contributed by atoms with E-state index in [2.05, 4.69) is 10.3 Å². The van der Waals surface area contributed by atoms with E-state index in [-0.39, 0.29) is 23.1 Å². The molecule has 1 fully saturated rings. The zero-order chi connectivity index (χ0) is 14.8. The van der Waals surface area contributed by atoms with Crippen LogP contribution in [0.4, 0.5) is 0 Å². The van der Waals surface area contributed by atoms with Gasteiger partial charge in [0.05, 0.1) is 11.5 Å². The molecule has 0 spiro atoms. The van der Waals surface area contributed by atoms with E-state index >= 15 is 0 Å². The molecule has 0 radical (unpaired) electrons. The molecular formula is C12H19N3O4S. The van der Waals surface area contributed by atoms with Gasteiger partial charge in [0.25, 0.3) is 5.56 Å². The third-order valence-electron chi connectivity index (χ3n) is 3.48. The summed E-state index contributed by atoms with van der Waals surface area (Å²) in [5.74, 6) is 0.386. The van der Waals surface area contributed by atoms with Gasteiger partial charge in [-0.2, -0.15) is 0 Å². The first-order valence-corrected chi connectivity index (χ1v) is 8.50. The zero-order valence-electron chi connectivity index (χ0n) is 11.4. The maximum absolute atomic E-state index is 11.6. The molecule has 1 unspecified atom stereocenters. The molecule has 2 rings (SSSR count). The van der Waals surface area contributed by atoms with Crippen LogP contribution in [0.25, 0.3) is 0 Å². The van der Waals surface area contributed by atoms with Crippen LogP contribution >= 0.6 is 0 Å². The van der Waals surface area contributed by atoms with Crippen LogP contribution in [0.5, 0.6) is 0 Å². The Morgan fingerprint density at radius 1 is 1.45 bits per heavy atom. The second kappa shape index (κ2) is 5.92. The van der Waals surface area contributed by atoms with E-state index < -0.39 is 15.5 Å². The Bertz CT molecular complexity index is 689. The topological polar surface area (TPSA) is 101 Å². The number of nitrogens with one attached hydrogen (secondary N) is 2. The molecule has 0 aliphatic carbocycles. The molecular weight excluding hydrogens is 282 g/mol. The largest absolute Gasteiger partial charge is 0.328 e. The zero-order valence-corrected chi connectivity index (χ0v) is 12.2. The van der Waals surface area contributed by atoms with Crippen LogP contribution in [0, 0.1) is 0 Å². The minimum absolute atomic E-state index is 0.0379. The van der Waals surface area contributed by atoms with Crippen LogP contribution in [-0.4, -0.2) is 42.1 Å². The van der Waals surface area contributed by atoms with E-state index in [0.29, 0.717) is 31.5 Å². The molecule has 2 N–H and O–H groups in total. The van der Waals surface area contributed by atoms with Gasteiger partial charge < -0.3 is 5.32 Å². The number of H-pyrrole nitrogens is 1. The Morgan fingerprint density at radius 3 is 2.80 bits per heavy atom. The Morgan fingerprint density at radius 2 is 2.20 bits per heavy atom. The van der Waals surface area contributed by atoms with Crippen LogP contribution in [0.2, 0.25) is 0 Å². The number of hydrogen-bond donors (Lipinski definition) is 2. The molecule has 7 nitrogen and oxygen atoms in total. The van der Waals surface area contributed by atoms with E-state index in [1.165, 1.54) is 4.57 Å². The number of rotatable bonds is 5. The summed E-state index contributed by atoms with van der Waals surface area (Å²) >= 11 is 0. The van der Waals surface area contributed by atoms with Crippen molar-refractivity contribution in [2.45, 2.75) is 32.4 Å². The van der Waals surface area contributed by atoms with Crippen molar-refractivity contribution in [1.29, 1.82) is 0 Å². The van der Waals surface area contributed by atoms with Crippen molar-refractivity contribution in [2.24, 2.45) is 0 Å². The van der Waals surface area contributed by atoms with Crippen molar-refractivity contribution in [1.82, 2.24) is 14.9 Å². The van der Waals surface area contributed by atoms with Gasteiger partial charge in [0.15, 0.2) is 9.84 Å². The van der Waals surface area contributed by atoms with Crippen molar-refractivity contribution >= 4 is 9.84 Å². The second-order valence-electron chi connectivity index (χ2n) is 5.01. The van der Waals surface area contributed by atoms with Gasteiger partial charge in [0.1, 0.15) is 0 Å². The fourth-order valence-corrected chi connectivity index (χ4v) is 4.03. The van der Waals surface area contributed by atoms with Crippen LogP contribution < -0.4 is 16.6 Å². The average molecular weight is 301 g/mol. The molecule has 8 heteroatoms. The van der Waals surface area contributed by atoms with Gasteiger partial charge in [-0.25, -0.2) is 13.2 Å². The Labute approximate surface area is 116 Å². The molecule has 2 heterocycles. The van der Waals surface area contributed by atoms with Crippen molar-refractivity contribution in [3.05, 3.63) is 32.6 Å². The van der Waals surface area contributed by atoms with Gasteiger partial charge in [-0.05, 0) is 12.8 Å². The first kappa shape index (κ1) is 15.0. The Hall–Kier alpha value is -1.41. The number of nitrogens with zero attached hydrogens (tertiary/aromatic N) is 1. The predicted octanol–water partition coefficient (Wildman–Crippen LogP) is -1.12. The third kappa shape index (κ3) is 3.57. The predicted molar refractivity (Wildman–Crippen MR) is 75.8 cm³/mol. The first-order valence-electron chi connectivity index (χ1n) is 6.68. The molecule has 1 aromatic heterocycles. The number of hydrogen-bond acceptors (Lipinski definition) is 5. The Balaban J connectivity index is 1.95. The summed E-state index contributed by atoms with van der Waals surface area (Å²) in [7, 11) is -2.89. The minimum Gasteiger partial charge on any atom is -0.311 e. The molecule has 20 heavy (non-hydrogen) atoms. The monoisotopic (exact) mass is 301 g/mol. The molecule has 1 aromatic rings. The molecule has 1 aliphatic rings. The van der Waals surface area contributed by atoms with E-state index in [4.69, 9.17) is 0 Å². The number of aromatic nitrogens is 2.